The van der Waals surface area contributed by atoms with Gasteiger partial charge in [-0.3, -0.25) is 4.79 Å². The summed E-state index contributed by atoms with van der Waals surface area (Å²) in [5, 5.41) is 12.6. The molecule has 2 unspecified atom stereocenters. The molecule has 100 valence electrons. The standard InChI is InChI=1S/C15H23NO2/c1-4-12(2)11-16-15(3,14(17)18)10-13-8-6-5-7-9-13/h5-9,12,16H,4,10-11H2,1-3H3,(H,17,18). The monoisotopic (exact) mass is 249 g/mol. The van der Waals surface area contributed by atoms with E-state index in [9.17, 15) is 9.90 Å². The maximum absolute atomic E-state index is 11.5. The van der Waals surface area contributed by atoms with Crippen LogP contribution in [0.25, 0.3) is 0 Å². The molecule has 3 nitrogen and oxygen atoms in total. The highest BCUT2D eigenvalue weighted by Crippen LogP contribution is 2.14. The Kier molecular flexibility index (Phi) is 5.35. The summed E-state index contributed by atoms with van der Waals surface area (Å²) in [6.07, 6.45) is 1.55. The second kappa shape index (κ2) is 6.55. The normalized spacial score (nSPS) is 15.9. The zero-order valence-electron chi connectivity index (χ0n) is 11.4. The minimum Gasteiger partial charge on any atom is -0.480 e. The van der Waals surface area contributed by atoms with E-state index in [1.807, 2.05) is 30.3 Å². The van der Waals surface area contributed by atoms with Crippen LogP contribution in [-0.2, 0) is 11.2 Å². The molecule has 0 aromatic heterocycles. The minimum absolute atomic E-state index is 0.486. The summed E-state index contributed by atoms with van der Waals surface area (Å²) < 4.78 is 0. The first-order valence-corrected chi connectivity index (χ1v) is 6.50. The first-order chi connectivity index (χ1) is 8.48. The van der Waals surface area contributed by atoms with Crippen molar-refractivity contribution in [3.05, 3.63) is 35.9 Å². The number of nitrogens with one attached hydrogen (secondary N) is 1. The van der Waals surface area contributed by atoms with Crippen LogP contribution < -0.4 is 5.32 Å². The molecule has 0 aliphatic carbocycles. The topological polar surface area (TPSA) is 49.3 Å². The van der Waals surface area contributed by atoms with Crippen LogP contribution in [0.4, 0.5) is 0 Å². The lowest BCUT2D eigenvalue weighted by Crippen LogP contribution is -2.52. The summed E-state index contributed by atoms with van der Waals surface area (Å²) in [7, 11) is 0. The van der Waals surface area contributed by atoms with E-state index in [0.29, 0.717) is 12.3 Å². The molecule has 0 saturated heterocycles. The summed E-state index contributed by atoms with van der Waals surface area (Å²) in [5.41, 5.74) is 0.143. The van der Waals surface area contributed by atoms with Gasteiger partial charge in [0.15, 0.2) is 0 Å². The van der Waals surface area contributed by atoms with Gasteiger partial charge in [-0.15, -0.1) is 0 Å². The Balaban J connectivity index is 2.71. The van der Waals surface area contributed by atoms with Crippen LogP contribution in [0.3, 0.4) is 0 Å². The summed E-state index contributed by atoms with van der Waals surface area (Å²) in [6.45, 7) is 6.72. The van der Waals surface area contributed by atoms with Gasteiger partial charge in [0.2, 0.25) is 0 Å². The van der Waals surface area contributed by atoms with Crippen LogP contribution in [0, 0.1) is 5.92 Å². The Morgan fingerprint density at radius 1 is 1.39 bits per heavy atom. The van der Waals surface area contributed by atoms with Gasteiger partial charge in [-0.05, 0) is 24.9 Å². The van der Waals surface area contributed by atoms with Crippen molar-refractivity contribution >= 4 is 5.97 Å². The molecule has 1 aromatic carbocycles. The van der Waals surface area contributed by atoms with Gasteiger partial charge in [0.05, 0.1) is 0 Å². The van der Waals surface area contributed by atoms with Crippen LogP contribution in [0.5, 0.6) is 0 Å². The third kappa shape index (κ3) is 4.15. The lowest BCUT2D eigenvalue weighted by Gasteiger charge is -2.28. The molecule has 0 bridgehead atoms. The summed E-state index contributed by atoms with van der Waals surface area (Å²) in [4.78, 5) is 11.5. The number of benzene rings is 1. The SMILES string of the molecule is CCC(C)CNC(C)(Cc1ccccc1)C(=O)O. The highest BCUT2D eigenvalue weighted by Gasteiger charge is 2.32. The van der Waals surface area contributed by atoms with E-state index < -0.39 is 11.5 Å². The Bertz CT molecular complexity index is 377. The third-order valence-electron chi connectivity index (χ3n) is 3.41. The third-order valence-corrected chi connectivity index (χ3v) is 3.41. The molecule has 0 fully saturated rings. The van der Waals surface area contributed by atoms with Crippen LogP contribution in [-0.4, -0.2) is 23.2 Å². The van der Waals surface area contributed by atoms with Gasteiger partial charge >= 0.3 is 5.97 Å². The molecular weight excluding hydrogens is 226 g/mol. The van der Waals surface area contributed by atoms with Crippen molar-refractivity contribution in [3.8, 4) is 0 Å². The van der Waals surface area contributed by atoms with E-state index in [1.54, 1.807) is 6.92 Å². The van der Waals surface area contributed by atoms with E-state index in [4.69, 9.17) is 0 Å². The van der Waals surface area contributed by atoms with E-state index >= 15 is 0 Å². The number of rotatable bonds is 7. The van der Waals surface area contributed by atoms with E-state index in [0.717, 1.165) is 18.5 Å². The molecule has 2 atom stereocenters. The summed E-state index contributed by atoms with van der Waals surface area (Å²) >= 11 is 0. The van der Waals surface area contributed by atoms with Crippen LogP contribution >= 0.6 is 0 Å². The Morgan fingerprint density at radius 2 is 2.00 bits per heavy atom. The highest BCUT2D eigenvalue weighted by atomic mass is 16.4. The average molecular weight is 249 g/mol. The number of carboxylic acid groups (broad SMARTS) is 1. The second-order valence-electron chi connectivity index (χ2n) is 5.19. The Labute approximate surface area is 109 Å². The maximum atomic E-state index is 11.5. The van der Waals surface area contributed by atoms with Crippen molar-refractivity contribution in [2.75, 3.05) is 6.54 Å². The van der Waals surface area contributed by atoms with E-state index in [1.165, 1.54) is 0 Å². The zero-order valence-corrected chi connectivity index (χ0v) is 11.4. The van der Waals surface area contributed by atoms with Gasteiger partial charge < -0.3 is 10.4 Å². The predicted octanol–water partition coefficient (Wildman–Crippen LogP) is 2.71. The number of aliphatic carboxylic acids is 1. The van der Waals surface area contributed by atoms with E-state index in [2.05, 4.69) is 19.2 Å². The molecule has 0 aliphatic rings. The van der Waals surface area contributed by atoms with Crippen LogP contribution in [0.15, 0.2) is 30.3 Å². The predicted molar refractivity (Wildman–Crippen MR) is 73.6 cm³/mol. The van der Waals surface area contributed by atoms with Crippen molar-refractivity contribution in [2.24, 2.45) is 5.92 Å². The van der Waals surface area contributed by atoms with Gasteiger partial charge in [0.1, 0.15) is 5.54 Å². The number of carboxylic acids is 1. The smallest absolute Gasteiger partial charge is 0.323 e. The number of hydrogen-bond acceptors (Lipinski definition) is 2. The van der Waals surface area contributed by atoms with Gasteiger partial charge in [-0.1, -0.05) is 50.6 Å². The number of carbonyl (C=O) groups is 1. The minimum atomic E-state index is -0.898. The van der Waals surface area contributed by atoms with Gasteiger partial charge in [-0.2, -0.15) is 0 Å². The van der Waals surface area contributed by atoms with E-state index in [-0.39, 0.29) is 0 Å². The molecular formula is C15H23NO2. The average Bonchev–Trinajstić information content (AvgIpc) is 2.37. The van der Waals surface area contributed by atoms with Crippen molar-refractivity contribution in [1.82, 2.24) is 5.32 Å². The lowest BCUT2D eigenvalue weighted by molar-refractivity contribution is -0.144. The fraction of sp³-hybridized carbons (Fsp3) is 0.533. The molecule has 0 amide bonds. The molecule has 0 spiro atoms. The largest absolute Gasteiger partial charge is 0.480 e. The van der Waals surface area contributed by atoms with Gasteiger partial charge in [0.25, 0.3) is 0 Å². The van der Waals surface area contributed by atoms with Gasteiger partial charge in [-0.25, -0.2) is 0 Å². The van der Waals surface area contributed by atoms with Crippen molar-refractivity contribution in [1.29, 1.82) is 0 Å². The molecule has 0 aliphatic heterocycles. The van der Waals surface area contributed by atoms with Crippen molar-refractivity contribution in [3.63, 3.8) is 0 Å². The summed E-state index contributed by atoms with van der Waals surface area (Å²) in [5.74, 6) is -0.311. The Hall–Kier alpha value is -1.35. The lowest BCUT2D eigenvalue weighted by atomic mass is 9.92. The molecule has 2 N–H and O–H groups in total. The quantitative estimate of drug-likeness (QED) is 0.781. The van der Waals surface area contributed by atoms with Crippen LogP contribution in [0.1, 0.15) is 32.8 Å². The molecule has 3 heteroatoms. The molecule has 18 heavy (non-hydrogen) atoms. The number of hydrogen-bond donors (Lipinski definition) is 2. The Morgan fingerprint density at radius 3 is 2.50 bits per heavy atom. The fourth-order valence-corrected chi connectivity index (χ4v) is 1.76. The zero-order chi connectivity index (χ0) is 13.6. The van der Waals surface area contributed by atoms with Crippen molar-refractivity contribution in [2.45, 2.75) is 39.2 Å². The van der Waals surface area contributed by atoms with Gasteiger partial charge in [0, 0.05) is 6.42 Å². The molecule has 1 aromatic rings. The first kappa shape index (κ1) is 14.7. The first-order valence-electron chi connectivity index (χ1n) is 6.50. The molecule has 0 radical (unpaired) electrons. The fourth-order valence-electron chi connectivity index (χ4n) is 1.76. The summed E-state index contributed by atoms with van der Waals surface area (Å²) in [6, 6.07) is 9.74. The maximum Gasteiger partial charge on any atom is 0.323 e. The molecule has 0 heterocycles. The molecule has 1 rings (SSSR count). The van der Waals surface area contributed by atoms with Crippen LogP contribution in [0.2, 0.25) is 0 Å². The second-order valence-corrected chi connectivity index (χ2v) is 5.19. The van der Waals surface area contributed by atoms with Crippen molar-refractivity contribution < 1.29 is 9.90 Å². The highest BCUT2D eigenvalue weighted by molar-refractivity contribution is 5.78. The molecule has 0 saturated carbocycles.